The summed E-state index contributed by atoms with van der Waals surface area (Å²) in [6.45, 7) is 8.12. The van der Waals surface area contributed by atoms with Gasteiger partial charge in [0.05, 0.1) is 0 Å². The molecule has 0 aliphatic carbocycles. The van der Waals surface area contributed by atoms with E-state index in [0.29, 0.717) is 36.3 Å². The fourth-order valence-corrected chi connectivity index (χ4v) is 6.45. The molecule has 2 aromatic heterocycles. The van der Waals surface area contributed by atoms with Crippen LogP contribution in [0.25, 0.3) is 0 Å². The van der Waals surface area contributed by atoms with E-state index < -0.39 is 10.0 Å². The van der Waals surface area contributed by atoms with Crippen LogP contribution in [0.4, 0.5) is 11.8 Å². The topological polar surface area (TPSA) is 69.6 Å². The smallest absolute Gasteiger partial charge is 0.252 e. The molecule has 4 rings (SSSR count). The van der Waals surface area contributed by atoms with Crippen LogP contribution in [0.15, 0.2) is 22.4 Å². The molecule has 4 heterocycles. The number of aryl methyl sites for hydroxylation is 2. The summed E-state index contributed by atoms with van der Waals surface area (Å²) in [7, 11) is -3.40. The van der Waals surface area contributed by atoms with Gasteiger partial charge in [0.1, 0.15) is 10.0 Å². The third-order valence-corrected chi connectivity index (χ3v) is 8.46. The third kappa shape index (κ3) is 3.81. The normalized spacial score (nSPS) is 19.0. The number of rotatable bonds is 4. The summed E-state index contributed by atoms with van der Waals surface area (Å²) in [4.78, 5) is 14.8. The first-order chi connectivity index (χ1) is 12.9. The summed E-state index contributed by atoms with van der Waals surface area (Å²) in [5, 5.41) is 0. The fourth-order valence-electron chi connectivity index (χ4n) is 3.59. The number of anilines is 2. The highest BCUT2D eigenvalue weighted by atomic mass is 32.2. The summed E-state index contributed by atoms with van der Waals surface area (Å²) in [6, 6.07) is 5.59. The lowest BCUT2D eigenvalue weighted by Crippen LogP contribution is -2.49. The molecule has 0 bridgehead atoms. The number of hydrogen-bond acceptors (Lipinski definition) is 7. The molecule has 2 aliphatic rings. The van der Waals surface area contributed by atoms with Crippen molar-refractivity contribution in [1.82, 2.24) is 14.3 Å². The zero-order valence-corrected chi connectivity index (χ0v) is 17.4. The second-order valence-electron chi connectivity index (χ2n) is 7.12. The summed E-state index contributed by atoms with van der Waals surface area (Å²) < 4.78 is 27.6. The van der Waals surface area contributed by atoms with Crippen LogP contribution in [0.1, 0.15) is 23.4 Å². The SMILES string of the molecule is Cc1cc(N2CCCC2)nc(N2CCN(S(=O)(=O)c3ccc(C)s3)CC2)n1. The molecule has 2 fully saturated rings. The minimum Gasteiger partial charge on any atom is -0.356 e. The zero-order valence-electron chi connectivity index (χ0n) is 15.8. The van der Waals surface area contributed by atoms with E-state index in [9.17, 15) is 8.42 Å². The van der Waals surface area contributed by atoms with Crippen molar-refractivity contribution < 1.29 is 8.42 Å². The van der Waals surface area contributed by atoms with Crippen molar-refractivity contribution in [2.45, 2.75) is 30.9 Å². The molecule has 9 heteroatoms. The number of piperazine rings is 1. The van der Waals surface area contributed by atoms with E-state index in [-0.39, 0.29) is 0 Å². The zero-order chi connectivity index (χ0) is 19.0. The molecule has 0 atom stereocenters. The van der Waals surface area contributed by atoms with Crippen molar-refractivity contribution in [1.29, 1.82) is 0 Å². The van der Waals surface area contributed by atoms with Gasteiger partial charge in [-0.3, -0.25) is 0 Å². The highest BCUT2D eigenvalue weighted by molar-refractivity contribution is 7.91. The monoisotopic (exact) mass is 407 g/mol. The van der Waals surface area contributed by atoms with Crippen molar-refractivity contribution in [3.05, 3.63) is 28.8 Å². The molecule has 0 amide bonds. The Kier molecular flexibility index (Phi) is 5.09. The van der Waals surface area contributed by atoms with Gasteiger partial charge >= 0.3 is 0 Å². The maximum absolute atomic E-state index is 12.8. The molecule has 0 radical (unpaired) electrons. The van der Waals surface area contributed by atoms with E-state index in [4.69, 9.17) is 4.98 Å². The van der Waals surface area contributed by atoms with E-state index in [0.717, 1.165) is 29.5 Å². The molecule has 27 heavy (non-hydrogen) atoms. The molecule has 2 aliphatic heterocycles. The number of sulfonamides is 1. The van der Waals surface area contributed by atoms with Gasteiger partial charge in [-0.2, -0.15) is 9.29 Å². The average molecular weight is 408 g/mol. The fraction of sp³-hybridized carbons (Fsp3) is 0.556. The van der Waals surface area contributed by atoms with Crippen LogP contribution < -0.4 is 9.80 Å². The highest BCUT2D eigenvalue weighted by Gasteiger charge is 2.30. The van der Waals surface area contributed by atoms with Gasteiger partial charge in [-0.25, -0.2) is 13.4 Å². The number of nitrogens with zero attached hydrogens (tertiary/aromatic N) is 5. The van der Waals surface area contributed by atoms with E-state index in [1.54, 1.807) is 10.4 Å². The Bertz CT molecular complexity index is 914. The molecule has 0 unspecified atom stereocenters. The Morgan fingerprint density at radius 2 is 1.63 bits per heavy atom. The second kappa shape index (κ2) is 7.37. The van der Waals surface area contributed by atoms with Gasteiger partial charge < -0.3 is 9.80 Å². The van der Waals surface area contributed by atoms with Crippen LogP contribution in [0.5, 0.6) is 0 Å². The lowest BCUT2D eigenvalue weighted by Gasteiger charge is -2.34. The van der Waals surface area contributed by atoms with E-state index >= 15 is 0 Å². The lowest BCUT2D eigenvalue weighted by molar-refractivity contribution is 0.383. The van der Waals surface area contributed by atoms with Gasteiger partial charge in [0.25, 0.3) is 10.0 Å². The summed E-state index contributed by atoms with van der Waals surface area (Å²) in [5.41, 5.74) is 0.950. The van der Waals surface area contributed by atoms with E-state index in [1.165, 1.54) is 24.2 Å². The minimum atomic E-state index is -3.40. The van der Waals surface area contributed by atoms with Gasteiger partial charge in [0.15, 0.2) is 0 Å². The molecule has 2 saturated heterocycles. The quantitative estimate of drug-likeness (QED) is 0.774. The predicted molar refractivity (Wildman–Crippen MR) is 108 cm³/mol. The number of thiophene rings is 1. The van der Waals surface area contributed by atoms with E-state index in [1.807, 2.05) is 26.0 Å². The van der Waals surface area contributed by atoms with Crippen molar-refractivity contribution in [2.75, 3.05) is 49.1 Å². The average Bonchev–Trinajstić information content (AvgIpc) is 3.33. The largest absolute Gasteiger partial charge is 0.356 e. The van der Waals surface area contributed by atoms with Gasteiger partial charge in [-0.1, -0.05) is 0 Å². The molecule has 0 saturated carbocycles. The third-order valence-electron chi connectivity index (χ3n) is 5.09. The standard InChI is InChI=1S/C18H25N5O2S2/c1-14-13-16(21-7-3-4-8-21)20-18(19-14)22-9-11-23(12-10-22)27(24,25)17-6-5-15(2)26-17/h5-6,13H,3-4,7-12H2,1-2H3. The lowest BCUT2D eigenvalue weighted by atomic mass is 10.3. The van der Waals surface area contributed by atoms with Crippen molar-refractivity contribution in [2.24, 2.45) is 0 Å². The van der Waals surface area contributed by atoms with Crippen LogP contribution in [-0.2, 0) is 10.0 Å². The number of hydrogen-bond donors (Lipinski definition) is 0. The van der Waals surface area contributed by atoms with Crippen LogP contribution in [-0.4, -0.2) is 62.0 Å². The summed E-state index contributed by atoms with van der Waals surface area (Å²) >= 11 is 1.33. The molecular weight excluding hydrogens is 382 g/mol. The summed E-state index contributed by atoms with van der Waals surface area (Å²) in [5.74, 6) is 1.69. The van der Waals surface area contributed by atoms with Gasteiger partial charge in [-0.15, -0.1) is 11.3 Å². The Morgan fingerprint density at radius 1 is 0.926 bits per heavy atom. The first kappa shape index (κ1) is 18.6. The Labute approximate surface area is 164 Å². The first-order valence-corrected chi connectivity index (χ1v) is 11.6. The molecule has 146 valence electrons. The van der Waals surface area contributed by atoms with Crippen LogP contribution in [0, 0.1) is 13.8 Å². The highest BCUT2D eigenvalue weighted by Crippen LogP contribution is 2.26. The van der Waals surface area contributed by atoms with Crippen LogP contribution >= 0.6 is 11.3 Å². The molecule has 0 spiro atoms. The Morgan fingerprint density at radius 3 is 2.26 bits per heavy atom. The molecular formula is C18H25N5O2S2. The predicted octanol–water partition coefficient (Wildman–Crippen LogP) is 2.27. The molecule has 0 aromatic carbocycles. The van der Waals surface area contributed by atoms with Gasteiger partial charge in [-0.05, 0) is 38.8 Å². The van der Waals surface area contributed by atoms with Crippen LogP contribution in [0.3, 0.4) is 0 Å². The van der Waals surface area contributed by atoms with Crippen molar-refractivity contribution in [3.8, 4) is 0 Å². The van der Waals surface area contributed by atoms with E-state index in [2.05, 4.69) is 14.8 Å². The molecule has 7 nitrogen and oxygen atoms in total. The van der Waals surface area contributed by atoms with Gasteiger partial charge in [0.2, 0.25) is 5.95 Å². The van der Waals surface area contributed by atoms with Crippen LogP contribution in [0.2, 0.25) is 0 Å². The van der Waals surface area contributed by atoms with Gasteiger partial charge in [0, 0.05) is 55.9 Å². The first-order valence-electron chi connectivity index (χ1n) is 9.36. The maximum Gasteiger partial charge on any atom is 0.252 e. The Balaban J connectivity index is 1.48. The van der Waals surface area contributed by atoms with Crippen molar-refractivity contribution in [3.63, 3.8) is 0 Å². The summed E-state index contributed by atoms with van der Waals surface area (Å²) in [6.07, 6.45) is 2.41. The van der Waals surface area contributed by atoms with Crippen molar-refractivity contribution >= 4 is 33.1 Å². The minimum absolute atomic E-state index is 0.427. The maximum atomic E-state index is 12.8. The number of aromatic nitrogens is 2. The molecule has 0 N–H and O–H groups in total. The Hall–Kier alpha value is -1.71. The molecule has 2 aromatic rings. The second-order valence-corrected chi connectivity index (χ2v) is 10.6.